The second kappa shape index (κ2) is 5.63. The van der Waals surface area contributed by atoms with Crippen molar-refractivity contribution in [3.05, 3.63) is 34.6 Å². The van der Waals surface area contributed by atoms with Crippen LogP contribution in [-0.2, 0) is 6.54 Å². The molecule has 2 aliphatic rings. The monoisotopic (exact) mass is 297 g/mol. The molecule has 110 valence electrons. The van der Waals surface area contributed by atoms with Crippen LogP contribution in [0.25, 0.3) is 0 Å². The van der Waals surface area contributed by atoms with E-state index in [-0.39, 0.29) is 22.4 Å². The number of benzene rings is 1. The van der Waals surface area contributed by atoms with E-state index in [1.165, 1.54) is 6.07 Å². The van der Waals surface area contributed by atoms with Gasteiger partial charge in [0.1, 0.15) is 5.82 Å². The van der Waals surface area contributed by atoms with Crippen molar-refractivity contribution in [2.24, 2.45) is 5.41 Å². The zero-order valence-corrected chi connectivity index (χ0v) is 12.4. The van der Waals surface area contributed by atoms with Crippen LogP contribution >= 0.6 is 11.6 Å². The summed E-state index contributed by atoms with van der Waals surface area (Å²) in [6.07, 6.45) is 5.20. The maximum Gasteiger partial charge on any atom is 0.142 e. The number of aliphatic hydroxyl groups is 1. The van der Waals surface area contributed by atoms with Crippen LogP contribution in [0.5, 0.6) is 0 Å². The molecule has 1 heterocycles. The molecule has 4 heteroatoms. The molecule has 1 aliphatic heterocycles. The molecule has 0 radical (unpaired) electrons. The van der Waals surface area contributed by atoms with Crippen molar-refractivity contribution in [1.82, 2.24) is 4.90 Å². The first-order valence-corrected chi connectivity index (χ1v) is 7.82. The molecule has 1 aromatic rings. The number of aliphatic hydroxyl groups excluding tert-OH is 1. The van der Waals surface area contributed by atoms with Crippen LogP contribution in [0.4, 0.5) is 4.39 Å². The molecule has 2 atom stereocenters. The van der Waals surface area contributed by atoms with Crippen molar-refractivity contribution in [2.75, 3.05) is 13.1 Å². The molecular weight excluding hydrogens is 277 g/mol. The van der Waals surface area contributed by atoms with Crippen molar-refractivity contribution in [2.45, 2.75) is 44.8 Å². The van der Waals surface area contributed by atoms with Gasteiger partial charge in [-0.1, -0.05) is 30.2 Å². The van der Waals surface area contributed by atoms with Gasteiger partial charge in [-0.3, -0.25) is 4.90 Å². The lowest BCUT2D eigenvalue weighted by Crippen LogP contribution is -2.46. The summed E-state index contributed by atoms with van der Waals surface area (Å²) in [7, 11) is 0. The topological polar surface area (TPSA) is 23.5 Å². The number of rotatable bonds is 2. The molecule has 20 heavy (non-hydrogen) atoms. The Morgan fingerprint density at radius 2 is 2.15 bits per heavy atom. The Labute approximate surface area is 124 Å². The molecule has 3 rings (SSSR count). The van der Waals surface area contributed by atoms with Gasteiger partial charge >= 0.3 is 0 Å². The van der Waals surface area contributed by atoms with Crippen LogP contribution in [0.2, 0.25) is 5.02 Å². The number of halogens is 2. The summed E-state index contributed by atoms with van der Waals surface area (Å²) < 4.78 is 13.5. The minimum atomic E-state index is -0.350. The van der Waals surface area contributed by atoms with Gasteiger partial charge in [0, 0.05) is 18.5 Å². The van der Waals surface area contributed by atoms with E-state index in [0.29, 0.717) is 6.54 Å². The largest absolute Gasteiger partial charge is 0.393 e. The fourth-order valence-electron chi connectivity index (χ4n) is 3.90. The SMILES string of the molecule is O[C@@H]1CCC[C@]12CCCN(Cc1cccc(F)c1Cl)C2. The summed E-state index contributed by atoms with van der Waals surface area (Å²) in [6.45, 7) is 2.58. The highest BCUT2D eigenvalue weighted by Crippen LogP contribution is 2.45. The lowest BCUT2D eigenvalue weighted by Gasteiger charge is -2.42. The highest BCUT2D eigenvalue weighted by molar-refractivity contribution is 6.31. The molecule has 0 amide bonds. The minimum Gasteiger partial charge on any atom is -0.393 e. The van der Waals surface area contributed by atoms with Gasteiger partial charge in [0.2, 0.25) is 0 Å². The maximum atomic E-state index is 13.5. The standard InChI is InChI=1S/C16H21ClFNO/c17-15-12(4-1-5-13(15)18)10-19-9-3-8-16(11-19)7-2-6-14(16)20/h1,4-5,14,20H,2-3,6-11H2/t14-,16-/m1/s1. The Morgan fingerprint density at radius 3 is 2.90 bits per heavy atom. The van der Waals surface area contributed by atoms with Crippen molar-refractivity contribution >= 4 is 11.6 Å². The summed E-state index contributed by atoms with van der Waals surface area (Å²) in [4.78, 5) is 2.32. The number of piperidine rings is 1. The lowest BCUT2D eigenvalue weighted by molar-refractivity contribution is -0.0120. The van der Waals surface area contributed by atoms with Gasteiger partial charge in [0.15, 0.2) is 0 Å². The van der Waals surface area contributed by atoms with E-state index in [9.17, 15) is 9.50 Å². The Balaban J connectivity index is 1.73. The average Bonchev–Trinajstić information content (AvgIpc) is 2.76. The molecule has 0 bridgehead atoms. The van der Waals surface area contributed by atoms with Crippen LogP contribution in [0, 0.1) is 11.2 Å². The van der Waals surface area contributed by atoms with E-state index in [1.807, 2.05) is 6.07 Å². The Bertz CT molecular complexity index is 495. The maximum absolute atomic E-state index is 13.5. The fourth-order valence-corrected chi connectivity index (χ4v) is 4.09. The third-order valence-corrected chi connectivity index (χ3v) is 5.40. The van der Waals surface area contributed by atoms with Gasteiger partial charge in [0.25, 0.3) is 0 Å². The highest BCUT2D eigenvalue weighted by atomic mass is 35.5. The lowest BCUT2D eigenvalue weighted by atomic mass is 9.76. The van der Waals surface area contributed by atoms with Crippen molar-refractivity contribution in [1.29, 1.82) is 0 Å². The molecular formula is C16H21ClFNO. The Morgan fingerprint density at radius 1 is 1.35 bits per heavy atom. The van der Waals surface area contributed by atoms with Gasteiger partial charge in [0.05, 0.1) is 11.1 Å². The summed E-state index contributed by atoms with van der Waals surface area (Å²) in [6, 6.07) is 4.99. The van der Waals surface area contributed by atoms with Crippen LogP contribution < -0.4 is 0 Å². The van der Waals surface area contributed by atoms with Crippen LogP contribution in [0.1, 0.15) is 37.7 Å². The molecule has 1 N–H and O–H groups in total. The van der Waals surface area contributed by atoms with Crippen molar-refractivity contribution in [3.63, 3.8) is 0 Å². The Kier molecular flexibility index (Phi) is 4.02. The molecule has 0 unspecified atom stereocenters. The summed E-state index contributed by atoms with van der Waals surface area (Å²) in [5.41, 5.74) is 0.911. The van der Waals surface area contributed by atoms with Gasteiger partial charge in [-0.2, -0.15) is 0 Å². The van der Waals surface area contributed by atoms with Gasteiger partial charge in [-0.25, -0.2) is 4.39 Å². The molecule has 0 aromatic heterocycles. The van der Waals surface area contributed by atoms with E-state index < -0.39 is 0 Å². The highest BCUT2D eigenvalue weighted by Gasteiger charge is 2.44. The second-order valence-corrected chi connectivity index (χ2v) is 6.68. The second-order valence-electron chi connectivity index (χ2n) is 6.30. The van der Waals surface area contributed by atoms with E-state index >= 15 is 0 Å². The minimum absolute atomic E-state index is 0.0675. The first kappa shape index (κ1) is 14.3. The number of hydrogen-bond acceptors (Lipinski definition) is 2. The van der Waals surface area contributed by atoms with E-state index in [0.717, 1.165) is 50.8 Å². The molecule has 1 aromatic carbocycles. The van der Waals surface area contributed by atoms with Gasteiger partial charge in [-0.05, 0) is 43.9 Å². The molecule has 1 saturated heterocycles. The zero-order chi connectivity index (χ0) is 14.2. The fraction of sp³-hybridized carbons (Fsp3) is 0.625. The van der Waals surface area contributed by atoms with Crippen LogP contribution in [0.3, 0.4) is 0 Å². The van der Waals surface area contributed by atoms with E-state index in [1.54, 1.807) is 6.07 Å². The predicted octanol–water partition coefficient (Wildman–Crippen LogP) is 3.61. The van der Waals surface area contributed by atoms with Crippen LogP contribution in [-0.4, -0.2) is 29.2 Å². The molecule has 2 nitrogen and oxygen atoms in total. The summed E-state index contributed by atoms with van der Waals surface area (Å²) in [5, 5.41) is 10.5. The normalized spacial score (nSPS) is 31.1. The van der Waals surface area contributed by atoms with Crippen molar-refractivity contribution < 1.29 is 9.50 Å². The van der Waals surface area contributed by atoms with Crippen molar-refractivity contribution in [3.8, 4) is 0 Å². The molecule has 1 saturated carbocycles. The quantitative estimate of drug-likeness (QED) is 0.901. The predicted molar refractivity (Wildman–Crippen MR) is 78.2 cm³/mol. The number of hydrogen-bond donors (Lipinski definition) is 1. The number of likely N-dealkylation sites (tertiary alicyclic amines) is 1. The Hall–Kier alpha value is -0.640. The first-order chi connectivity index (χ1) is 9.61. The van der Waals surface area contributed by atoms with Crippen LogP contribution in [0.15, 0.2) is 18.2 Å². The molecule has 1 spiro atoms. The summed E-state index contributed by atoms with van der Waals surface area (Å²) >= 11 is 6.04. The number of nitrogens with zero attached hydrogens (tertiary/aromatic N) is 1. The third kappa shape index (κ3) is 2.59. The van der Waals surface area contributed by atoms with Gasteiger partial charge in [-0.15, -0.1) is 0 Å². The average molecular weight is 298 g/mol. The first-order valence-electron chi connectivity index (χ1n) is 7.44. The molecule has 2 fully saturated rings. The van der Waals surface area contributed by atoms with Gasteiger partial charge < -0.3 is 5.11 Å². The smallest absolute Gasteiger partial charge is 0.142 e. The van der Waals surface area contributed by atoms with E-state index in [2.05, 4.69) is 4.90 Å². The summed E-state index contributed by atoms with van der Waals surface area (Å²) in [5.74, 6) is -0.350. The third-order valence-electron chi connectivity index (χ3n) is 4.97. The van der Waals surface area contributed by atoms with E-state index in [4.69, 9.17) is 11.6 Å². The molecule has 1 aliphatic carbocycles. The zero-order valence-electron chi connectivity index (χ0n) is 11.6.